The lowest BCUT2D eigenvalue weighted by molar-refractivity contribution is 0.0803. The Morgan fingerprint density at radius 2 is 1.95 bits per heavy atom. The van der Waals surface area contributed by atoms with E-state index in [9.17, 15) is 0 Å². The highest BCUT2D eigenvalue weighted by Gasteiger charge is 2.11. The van der Waals surface area contributed by atoms with Crippen LogP contribution in [0.25, 0.3) is 0 Å². The van der Waals surface area contributed by atoms with Crippen molar-refractivity contribution >= 4 is 5.82 Å². The second-order valence-electron chi connectivity index (χ2n) is 5.50. The van der Waals surface area contributed by atoms with Crippen molar-refractivity contribution in [1.29, 1.82) is 0 Å². The molecule has 0 fully saturated rings. The zero-order valence-corrected chi connectivity index (χ0v) is 13.8. The van der Waals surface area contributed by atoms with Crippen molar-refractivity contribution in [3.05, 3.63) is 11.9 Å². The third-order valence-electron chi connectivity index (χ3n) is 2.87. The molecular formula is C16H29N3O2. The fraction of sp³-hybridized carbons (Fsp3) is 0.750. The Bertz CT molecular complexity index is 397. The summed E-state index contributed by atoms with van der Waals surface area (Å²) in [6.07, 6.45) is 4.57. The maximum absolute atomic E-state index is 5.78. The molecule has 5 heteroatoms. The predicted octanol–water partition coefficient (Wildman–Crippen LogP) is 3.30. The van der Waals surface area contributed by atoms with Crippen molar-refractivity contribution in [3.8, 4) is 5.88 Å². The lowest BCUT2D eigenvalue weighted by Gasteiger charge is -2.14. The minimum absolute atomic E-state index is 0.521. The Morgan fingerprint density at radius 3 is 2.62 bits per heavy atom. The highest BCUT2D eigenvalue weighted by molar-refractivity contribution is 5.48. The maximum Gasteiger partial charge on any atom is 0.221 e. The van der Waals surface area contributed by atoms with Crippen LogP contribution in [0.1, 0.15) is 46.1 Å². The summed E-state index contributed by atoms with van der Waals surface area (Å²) in [4.78, 5) is 8.60. The second kappa shape index (κ2) is 10.4. The monoisotopic (exact) mass is 295 g/mol. The second-order valence-corrected chi connectivity index (χ2v) is 5.50. The highest BCUT2D eigenvalue weighted by Crippen LogP contribution is 2.23. The molecule has 0 aromatic carbocycles. The molecule has 0 aliphatic rings. The van der Waals surface area contributed by atoms with E-state index in [4.69, 9.17) is 9.47 Å². The van der Waals surface area contributed by atoms with E-state index >= 15 is 0 Å². The maximum atomic E-state index is 5.78. The minimum atomic E-state index is 0.521. The van der Waals surface area contributed by atoms with E-state index in [-0.39, 0.29) is 0 Å². The van der Waals surface area contributed by atoms with Gasteiger partial charge in [-0.05, 0) is 18.8 Å². The Labute approximate surface area is 128 Å². The molecule has 21 heavy (non-hydrogen) atoms. The molecule has 0 aliphatic carbocycles. The largest absolute Gasteiger partial charge is 0.475 e. The lowest BCUT2D eigenvalue weighted by atomic mass is 10.1. The van der Waals surface area contributed by atoms with Gasteiger partial charge in [-0.3, -0.25) is 0 Å². The molecule has 0 saturated heterocycles. The van der Waals surface area contributed by atoms with Gasteiger partial charge in [-0.1, -0.05) is 34.1 Å². The van der Waals surface area contributed by atoms with Gasteiger partial charge in [0, 0.05) is 13.2 Å². The fourth-order valence-corrected chi connectivity index (χ4v) is 1.91. The number of aromatic nitrogens is 2. The molecule has 0 amide bonds. The number of nitrogens with zero attached hydrogens (tertiary/aromatic N) is 2. The van der Waals surface area contributed by atoms with Gasteiger partial charge in [-0.15, -0.1) is 0 Å². The van der Waals surface area contributed by atoms with E-state index in [1.165, 1.54) is 0 Å². The summed E-state index contributed by atoms with van der Waals surface area (Å²) in [5.41, 5.74) is 1.07. The first-order valence-electron chi connectivity index (χ1n) is 7.97. The van der Waals surface area contributed by atoms with Crippen molar-refractivity contribution in [2.45, 2.75) is 47.0 Å². The molecule has 1 N–H and O–H groups in total. The summed E-state index contributed by atoms with van der Waals surface area (Å²) in [6.45, 7) is 11.3. The molecule has 0 radical (unpaired) electrons. The number of ether oxygens (including phenoxy) is 2. The van der Waals surface area contributed by atoms with E-state index in [0.29, 0.717) is 25.0 Å². The van der Waals surface area contributed by atoms with Gasteiger partial charge in [0.2, 0.25) is 5.88 Å². The van der Waals surface area contributed by atoms with Crippen LogP contribution in [-0.4, -0.2) is 36.3 Å². The van der Waals surface area contributed by atoms with E-state index in [2.05, 4.69) is 43.0 Å². The lowest BCUT2D eigenvalue weighted by Crippen LogP contribution is -2.13. The first-order valence-corrected chi connectivity index (χ1v) is 7.97. The molecule has 1 heterocycles. The van der Waals surface area contributed by atoms with Crippen molar-refractivity contribution < 1.29 is 9.47 Å². The Balaban J connectivity index is 2.58. The minimum Gasteiger partial charge on any atom is -0.475 e. The average Bonchev–Trinajstić information content (AvgIpc) is 2.46. The van der Waals surface area contributed by atoms with Crippen molar-refractivity contribution in [2.24, 2.45) is 5.92 Å². The van der Waals surface area contributed by atoms with Gasteiger partial charge in [-0.2, -0.15) is 0 Å². The predicted molar refractivity (Wildman–Crippen MR) is 86.0 cm³/mol. The van der Waals surface area contributed by atoms with Gasteiger partial charge in [0.1, 0.15) is 18.8 Å². The van der Waals surface area contributed by atoms with Crippen LogP contribution < -0.4 is 10.1 Å². The SMILES string of the molecule is CCCNc1ncnc(OCCOCC(C)C)c1CCC. The molecule has 0 bridgehead atoms. The summed E-state index contributed by atoms with van der Waals surface area (Å²) < 4.78 is 11.3. The third-order valence-corrected chi connectivity index (χ3v) is 2.87. The zero-order chi connectivity index (χ0) is 15.5. The molecule has 0 saturated carbocycles. The third kappa shape index (κ3) is 6.76. The van der Waals surface area contributed by atoms with Gasteiger partial charge in [0.05, 0.1) is 12.2 Å². The first-order chi connectivity index (χ1) is 10.2. The first kappa shape index (κ1) is 17.7. The molecule has 1 aromatic rings. The van der Waals surface area contributed by atoms with Gasteiger partial charge >= 0.3 is 0 Å². The van der Waals surface area contributed by atoms with Gasteiger partial charge in [-0.25, -0.2) is 9.97 Å². The molecule has 120 valence electrons. The number of nitrogens with one attached hydrogen (secondary N) is 1. The van der Waals surface area contributed by atoms with Crippen LogP contribution in [-0.2, 0) is 11.2 Å². The van der Waals surface area contributed by atoms with Crippen LogP contribution in [0.5, 0.6) is 5.88 Å². The number of hydrogen-bond acceptors (Lipinski definition) is 5. The van der Waals surface area contributed by atoms with Crippen LogP contribution in [0.2, 0.25) is 0 Å². The molecule has 0 unspecified atom stereocenters. The van der Waals surface area contributed by atoms with Gasteiger partial charge < -0.3 is 14.8 Å². The van der Waals surface area contributed by atoms with E-state index < -0.39 is 0 Å². The zero-order valence-electron chi connectivity index (χ0n) is 13.8. The molecule has 1 aromatic heterocycles. The molecule has 0 aliphatic heterocycles. The van der Waals surface area contributed by atoms with Crippen molar-refractivity contribution in [2.75, 3.05) is 31.7 Å². The molecular weight excluding hydrogens is 266 g/mol. The Morgan fingerprint density at radius 1 is 1.14 bits per heavy atom. The molecule has 0 spiro atoms. The summed E-state index contributed by atoms with van der Waals surface area (Å²) in [7, 11) is 0. The number of hydrogen-bond donors (Lipinski definition) is 1. The summed E-state index contributed by atoms with van der Waals surface area (Å²) >= 11 is 0. The molecule has 5 nitrogen and oxygen atoms in total. The number of rotatable bonds is 11. The van der Waals surface area contributed by atoms with Crippen LogP contribution >= 0.6 is 0 Å². The van der Waals surface area contributed by atoms with Crippen LogP contribution in [0.4, 0.5) is 5.82 Å². The molecule has 0 atom stereocenters. The Hall–Kier alpha value is -1.36. The van der Waals surface area contributed by atoms with E-state index in [0.717, 1.165) is 43.8 Å². The van der Waals surface area contributed by atoms with E-state index in [1.807, 2.05) is 0 Å². The topological polar surface area (TPSA) is 56.3 Å². The summed E-state index contributed by atoms with van der Waals surface area (Å²) in [5.74, 6) is 2.12. The standard InChI is InChI=1S/C16H29N3O2/c1-5-7-14-15(17-8-6-2)18-12-19-16(14)21-10-9-20-11-13(3)4/h12-13H,5-11H2,1-4H3,(H,17,18,19). The summed E-state index contributed by atoms with van der Waals surface area (Å²) in [5, 5.41) is 3.34. The average molecular weight is 295 g/mol. The quantitative estimate of drug-likeness (QED) is 0.635. The van der Waals surface area contributed by atoms with Gasteiger partial charge in [0.25, 0.3) is 0 Å². The molecule has 1 rings (SSSR count). The summed E-state index contributed by atoms with van der Waals surface area (Å²) in [6, 6.07) is 0. The smallest absolute Gasteiger partial charge is 0.221 e. The van der Waals surface area contributed by atoms with Crippen molar-refractivity contribution in [3.63, 3.8) is 0 Å². The van der Waals surface area contributed by atoms with Crippen LogP contribution in [0.3, 0.4) is 0 Å². The normalized spacial score (nSPS) is 10.9. The van der Waals surface area contributed by atoms with Crippen LogP contribution in [0.15, 0.2) is 6.33 Å². The van der Waals surface area contributed by atoms with Crippen LogP contribution in [0, 0.1) is 5.92 Å². The highest BCUT2D eigenvalue weighted by atomic mass is 16.5. The Kier molecular flexibility index (Phi) is 8.74. The fourth-order valence-electron chi connectivity index (χ4n) is 1.91. The van der Waals surface area contributed by atoms with Crippen molar-refractivity contribution in [1.82, 2.24) is 9.97 Å². The van der Waals surface area contributed by atoms with E-state index in [1.54, 1.807) is 6.33 Å². The van der Waals surface area contributed by atoms with Gasteiger partial charge in [0.15, 0.2) is 0 Å². The number of anilines is 1.